The van der Waals surface area contributed by atoms with Gasteiger partial charge in [0.05, 0.1) is 6.10 Å². The highest BCUT2D eigenvalue weighted by atomic mass is 16.3. The van der Waals surface area contributed by atoms with Crippen LogP contribution in [0.4, 0.5) is 0 Å². The Morgan fingerprint density at radius 2 is 1.83 bits per heavy atom. The Balaban J connectivity index is 1.27. The second kappa shape index (κ2) is 7.96. The van der Waals surface area contributed by atoms with Crippen molar-refractivity contribution in [1.29, 1.82) is 0 Å². The summed E-state index contributed by atoms with van der Waals surface area (Å²) in [6.07, 6.45) is 9.13. The van der Waals surface area contributed by atoms with Crippen LogP contribution in [0.15, 0.2) is 30.3 Å². The molecule has 0 aromatic heterocycles. The molecule has 2 atom stereocenters. The van der Waals surface area contributed by atoms with Gasteiger partial charge < -0.3 is 10.4 Å². The molecule has 0 saturated heterocycles. The van der Waals surface area contributed by atoms with Crippen LogP contribution in [-0.2, 0) is 11.2 Å². The molecular weight excluding hydrogens is 286 g/mol. The van der Waals surface area contributed by atoms with E-state index in [0.717, 1.165) is 38.5 Å². The molecule has 23 heavy (non-hydrogen) atoms. The summed E-state index contributed by atoms with van der Waals surface area (Å²) in [5.74, 6) is 1.07. The van der Waals surface area contributed by atoms with Crippen LogP contribution < -0.4 is 5.32 Å². The zero-order valence-electron chi connectivity index (χ0n) is 13.9. The normalized spacial score (nSPS) is 30.0. The van der Waals surface area contributed by atoms with Crippen molar-refractivity contribution in [1.82, 2.24) is 5.32 Å². The zero-order chi connectivity index (χ0) is 16.1. The number of amides is 1. The topological polar surface area (TPSA) is 49.3 Å². The number of hydrogen-bond donors (Lipinski definition) is 2. The van der Waals surface area contributed by atoms with Crippen molar-refractivity contribution in [2.75, 3.05) is 0 Å². The summed E-state index contributed by atoms with van der Waals surface area (Å²) in [6.45, 7) is 0. The monoisotopic (exact) mass is 315 g/mol. The molecule has 0 bridgehead atoms. The molecule has 2 aliphatic rings. The maximum absolute atomic E-state index is 12.2. The molecule has 3 nitrogen and oxygen atoms in total. The SMILES string of the molecule is O=C(N[C@@H]1CC1CCCCc1ccccc1)C1CCC(O)CC1. The summed E-state index contributed by atoms with van der Waals surface area (Å²) in [5, 5.41) is 12.7. The molecule has 1 amide bonds. The molecule has 0 spiro atoms. The molecule has 3 heteroatoms. The maximum Gasteiger partial charge on any atom is 0.223 e. The van der Waals surface area contributed by atoms with E-state index in [1.54, 1.807) is 0 Å². The lowest BCUT2D eigenvalue weighted by molar-refractivity contribution is -0.126. The molecule has 1 unspecified atom stereocenters. The van der Waals surface area contributed by atoms with E-state index in [1.165, 1.54) is 24.8 Å². The third-order valence-electron chi connectivity index (χ3n) is 5.45. The Morgan fingerprint density at radius 3 is 2.57 bits per heavy atom. The lowest BCUT2D eigenvalue weighted by Crippen LogP contribution is -2.36. The average Bonchev–Trinajstić information content (AvgIpc) is 3.31. The molecule has 0 aliphatic heterocycles. The number of unbranched alkanes of at least 4 members (excludes halogenated alkanes) is 1. The van der Waals surface area contributed by atoms with Crippen LogP contribution in [0.2, 0.25) is 0 Å². The first-order valence-corrected chi connectivity index (χ1v) is 9.24. The molecule has 0 heterocycles. The maximum atomic E-state index is 12.2. The number of hydrogen-bond acceptors (Lipinski definition) is 2. The number of nitrogens with one attached hydrogen (secondary N) is 1. The first-order chi connectivity index (χ1) is 11.2. The van der Waals surface area contributed by atoms with Crippen LogP contribution in [0.25, 0.3) is 0 Å². The number of aryl methyl sites for hydroxylation is 1. The van der Waals surface area contributed by atoms with Gasteiger partial charge in [0.15, 0.2) is 0 Å². The van der Waals surface area contributed by atoms with Gasteiger partial charge in [-0.15, -0.1) is 0 Å². The van der Waals surface area contributed by atoms with Crippen molar-refractivity contribution >= 4 is 5.91 Å². The second-order valence-electron chi connectivity index (χ2n) is 7.35. The van der Waals surface area contributed by atoms with Gasteiger partial charge in [-0.25, -0.2) is 0 Å². The van der Waals surface area contributed by atoms with Gasteiger partial charge in [0.25, 0.3) is 0 Å². The fourth-order valence-corrected chi connectivity index (χ4v) is 3.76. The van der Waals surface area contributed by atoms with Gasteiger partial charge in [-0.1, -0.05) is 36.8 Å². The molecule has 1 aromatic carbocycles. The lowest BCUT2D eigenvalue weighted by atomic mass is 9.87. The highest BCUT2D eigenvalue weighted by molar-refractivity contribution is 5.79. The third kappa shape index (κ3) is 5.07. The van der Waals surface area contributed by atoms with Crippen molar-refractivity contribution in [3.05, 3.63) is 35.9 Å². The Morgan fingerprint density at radius 1 is 1.09 bits per heavy atom. The number of aliphatic hydroxyl groups excluding tert-OH is 1. The predicted octanol–water partition coefficient (Wildman–Crippen LogP) is 3.46. The molecule has 2 saturated carbocycles. The van der Waals surface area contributed by atoms with Gasteiger partial charge in [-0.05, 0) is 62.8 Å². The minimum atomic E-state index is -0.183. The fraction of sp³-hybridized carbons (Fsp3) is 0.650. The predicted molar refractivity (Wildman–Crippen MR) is 92.0 cm³/mol. The quantitative estimate of drug-likeness (QED) is 0.757. The van der Waals surface area contributed by atoms with Gasteiger partial charge in [-0.3, -0.25) is 4.79 Å². The Hall–Kier alpha value is -1.35. The van der Waals surface area contributed by atoms with Crippen LogP contribution in [0.3, 0.4) is 0 Å². The van der Waals surface area contributed by atoms with E-state index in [4.69, 9.17) is 0 Å². The summed E-state index contributed by atoms with van der Waals surface area (Å²) in [7, 11) is 0. The molecule has 2 aliphatic carbocycles. The van der Waals surface area contributed by atoms with Crippen molar-refractivity contribution in [3.63, 3.8) is 0 Å². The zero-order valence-corrected chi connectivity index (χ0v) is 13.9. The minimum Gasteiger partial charge on any atom is -0.393 e. The number of rotatable bonds is 7. The van der Waals surface area contributed by atoms with Crippen molar-refractivity contribution in [2.24, 2.45) is 11.8 Å². The van der Waals surface area contributed by atoms with E-state index in [0.29, 0.717) is 12.0 Å². The lowest BCUT2D eigenvalue weighted by Gasteiger charge is -2.24. The smallest absolute Gasteiger partial charge is 0.223 e. The molecule has 0 radical (unpaired) electrons. The molecule has 3 rings (SSSR count). The molecular formula is C20H29NO2. The van der Waals surface area contributed by atoms with Crippen LogP contribution in [0.5, 0.6) is 0 Å². The molecule has 126 valence electrons. The highest BCUT2D eigenvalue weighted by Crippen LogP contribution is 2.36. The first kappa shape index (κ1) is 16.5. The molecule has 1 aromatic rings. The highest BCUT2D eigenvalue weighted by Gasteiger charge is 2.38. The molecule has 2 N–H and O–H groups in total. The summed E-state index contributed by atoms with van der Waals surface area (Å²) in [4.78, 5) is 12.2. The summed E-state index contributed by atoms with van der Waals surface area (Å²) < 4.78 is 0. The standard InChI is InChI=1S/C20H29NO2/c22-18-12-10-16(11-13-18)20(23)21-19-14-17(19)9-5-4-8-15-6-2-1-3-7-15/h1-3,6-7,16-19,22H,4-5,8-14H2,(H,21,23)/t16?,17?,18?,19-/m1/s1. The van der Waals surface area contributed by atoms with Crippen molar-refractivity contribution in [2.45, 2.75) is 69.9 Å². The van der Waals surface area contributed by atoms with Gasteiger partial charge in [-0.2, -0.15) is 0 Å². The van der Waals surface area contributed by atoms with Crippen molar-refractivity contribution in [3.8, 4) is 0 Å². The third-order valence-corrected chi connectivity index (χ3v) is 5.45. The van der Waals surface area contributed by atoms with Crippen LogP contribution in [-0.4, -0.2) is 23.2 Å². The van der Waals surface area contributed by atoms with E-state index in [1.807, 2.05) is 0 Å². The van der Waals surface area contributed by atoms with Crippen molar-refractivity contribution < 1.29 is 9.90 Å². The number of carbonyl (C=O) groups excluding carboxylic acids is 1. The van der Waals surface area contributed by atoms with E-state index >= 15 is 0 Å². The number of benzene rings is 1. The van der Waals surface area contributed by atoms with E-state index in [2.05, 4.69) is 35.6 Å². The average molecular weight is 315 g/mol. The Labute approximate surface area is 139 Å². The first-order valence-electron chi connectivity index (χ1n) is 9.24. The van der Waals surface area contributed by atoms with Crippen LogP contribution >= 0.6 is 0 Å². The molecule has 2 fully saturated rings. The Bertz CT molecular complexity index is 494. The minimum absolute atomic E-state index is 0.137. The summed E-state index contributed by atoms with van der Waals surface area (Å²) >= 11 is 0. The largest absolute Gasteiger partial charge is 0.393 e. The van der Waals surface area contributed by atoms with Gasteiger partial charge in [0.2, 0.25) is 5.91 Å². The van der Waals surface area contributed by atoms with E-state index < -0.39 is 0 Å². The number of aliphatic hydroxyl groups is 1. The van der Waals surface area contributed by atoms with Crippen LogP contribution in [0, 0.1) is 11.8 Å². The Kier molecular flexibility index (Phi) is 5.71. The summed E-state index contributed by atoms with van der Waals surface area (Å²) in [5.41, 5.74) is 1.42. The van der Waals surface area contributed by atoms with E-state index in [-0.39, 0.29) is 17.9 Å². The number of carbonyl (C=O) groups is 1. The van der Waals surface area contributed by atoms with Gasteiger partial charge >= 0.3 is 0 Å². The van der Waals surface area contributed by atoms with Crippen LogP contribution in [0.1, 0.15) is 56.9 Å². The van der Waals surface area contributed by atoms with E-state index in [9.17, 15) is 9.90 Å². The summed E-state index contributed by atoms with van der Waals surface area (Å²) in [6, 6.07) is 11.1. The van der Waals surface area contributed by atoms with Gasteiger partial charge in [0.1, 0.15) is 0 Å². The van der Waals surface area contributed by atoms with Gasteiger partial charge in [0, 0.05) is 12.0 Å². The fourth-order valence-electron chi connectivity index (χ4n) is 3.76. The second-order valence-corrected chi connectivity index (χ2v) is 7.35.